The van der Waals surface area contributed by atoms with E-state index in [1.807, 2.05) is 0 Å². The Bertz CT molecular complexity index is 544. The van der Waals surface area contributed by atoms with Gasteiger partial charge in [-0.3, -0.25) is 0 Å². The molecule has 1 aromatic rings. The minimum atomic E-state index is -4.56. The number of methoxy groups -OCH3 is 1. The van der Waals surface area contributed by atoms with Gasteiger partial charge in [0.1, 0.15) is 18.0 Å². The van der Waals surface area contributed by atoms with Crippen molar-refractivity contribution in [3.05, 3.63) is 29.8 Å². The molecule has 7 heteroatoms. The Labute approximate surface area is 160 Å². The molecule has 0 aromatic heterocycles. The minimum absolute atomic E-state index is 0.114. The van der Waals surface area contributed by atoms with Gasteiger partial charge in [-0.15, -0.1) is 0 Å². The van der Waals surface area contributed by atoms with Crippen LogP contribution in [0.25, 0.3) is 0 Å². The van der Waals surface area contributed by atoms with Crippen LogP contribution in [-0.2, 0) is 4.79 Å². The second-order valence-corrected chi connectivity index (χ2v) is 7.07. The van der Waals surface area contributed by atoms with Crippen molar-refractivity contribution in [2.45, 2.75) is 37.8 Å². The standard InChI is InChI=1S/C10H9F3O2.C10H22N2/c1-15-8-4-2-3-7(5-8)9(6-14)10(11,12)13;1-12(2)9-3-4-10-5-7-11-8-6-10/h2-6,9H,1H3;10-11H,3-9H2,1-2H3. The zero-order chi connectivity index (χ0) is 20.3. The third-order valence-corrected chi connectivity index (χ3v) is 4.62. The highest BCUT2D eigenvalue weighted by Gasteiger charge is 2.40. The van der Waals surface area contributed by atoms with Crippen molar-refractivity contribution in [3.63, 3.8) is 0 Å². The fourth-order valence-corrected chi connectivity index (χ4v) is 3.05. The van der Waals surface area contributed by atoms with Gasteiger partial charge in [0.25, 0.3) is 0 Å². The summed E-state index contributed by atoms with van der Waals surface area (Å²) in [4.78, 5) is 12.7. The van der Waals surface area contributed by atoms with Gasteiger partial charge in [-0.2, -0.15) is 13.2 Å². The van der Waals surface area contributed by atoms with E-state index in [4.69, 9.17) is 4.74 Å². The van der Waals surface area contributed by atoms with Crippen molar-refractivity contribution in [1.29, 1.82) is 0 Å². The molecule has 0 spiro atoms. The molecule has 1 heterocycles. The summed E-state index contributed by atoms with van der Waals surface area (Å²) in [6, 6.07) is 5.37. The number of carbonyl (C=O) groups excluding carboxylic acids is 1. The largest absolute Gasteiger partial charge is 0.497 e. The number of ether oxygens (including phenoxy) is 1. The first-order chi connectivity index (χ1) is 12.8. The second kappa shape index (κ2) is 12.0. The number of carbonyl (C=O) groups is 1. The number of nitrogens with one attached hydrogen (secondary N) is 1. The number of alkyl halides is 3. The summed E-state index contributed by atoms with van der Waals surface area (Å²) in [5.41, 5.74) is -0.114. The minimum Gasteiger partial charge on any atom is -0.497 e. The van der Waals surface area contributed by atoms with Gasteiger partial charge in [0.05, 0.1) is 7.11 Å². The molecule has 4 nitrogen and oxygen atoms in total. The van der Waals surface area contributed by atoms with Gasteiger partial charge < -0.3 is 19.7 Å². The van der Waals surface area contributed by atoms with Crippen LogP contribution in [0.5, 0.6) is 5.75 Å². The Morgan fingerprint density at radius 2 is 1.96 bits per heavy atom. The average Bonchev–Trinajstić information content (AvgIpc) is 2.62. The molecule has 1 aliphatic heterocycles. The van der Waals surface area contributed by atoms with Crippen molar-refractivity contribution in [1.82, 2.24) is 10.2 Å². The molecular weight excluding hydrogens is 357 g/mol. The monoisotopic (exact) mass is 388 g/mol. The van der Waals surface area contributed by atoms with E-state index in [1.165, 1.54) is 76.7 Å². The second-order valence-electron chi connectivity index (χ2n) is 7.07. The van der Waals surface area contributed by atoms with Gasteiger partial charge in [0.15, 0.2) is 0 Å². The third kappa shape index (κ3) is 9.24. The van der Waals surface area contributed by atoms with Crippen LogP contribution in [0.15, 0.2) is 24.3 Å². The maximum Gasteiger partial charge on any atom is 0.402 e. The van der Waals surface area contributed by atoms with E-state index in [2.05, 4.69) is 24.3 Å². The molecule has 1 aliphatic rings. The molecule has 0 bridgehead atoms. The Kier molecular flexibility index (Phi) is 10.4. The summed E-state index contributed by atoms with van der Waals surface area (Å²) < 4.78 is 41.9. The number of hydrogen-bond donors (Lipinski definition) is 1. The van der Waals surface area contributed by atoms with Crippen LogP contribution >= 0.6 is 0 Å². The van der Waals surface area contributed by atoms with Crippen LogP contribution in [0.1, 0.15) is 37.2 Å². The van der Waals surface area contributed by atoms with Gasteiger partial charge in [0, 0.05) is 0 Å². The van der Waals surface area contributed by atoms with Gasteiger partial charge in [-0.05, 0) is 83.0 Å². The summed E-state index contributed by atoms with van der Waals surface area (Å²) >= 11 is 0. The first kappa shape index (κ1) is 23.4. The lowest BCUT2D eigenvalue weighted by atomic mass is 9.93. The zero-order valence-electron chi connectivity index (χ0n) is 16.4. The van der Waals surface area contributed by atoms with E-state index in [9.17, 15) is 18.0 Å². The van der Waals surface area contributed by atoms with Crippen LogP contribution in [0.4, 0.5) is 13.2 Å². The Morgan fingerprint density at radius 1 is 1.30 bits per heavy atom. The summed E-state index contributed by atoms with van der Waals surface area (Å²) in [5.74, 6) is -0.789. The van der Waals surface area contributed by atoms with Crippen LogP contribution in [0, 0.1) is 5.92 Å². The molecular formula is C20H31F3N2O2. The van der Waals surface area contributed by atoms with Gasteiger partial charge in [-0.1, -0.05) is 12.1 Å². The molecule has 154 valence electrons. The van der Waals surface area contributed by atoms with Crippen molar-refractivity contribution < 1.29 is 22.7 Å². The highest BCUT2D eigenvalue weighted by atomic mass is 19.4. The first-order valence-corrected chi connectivity index (χ1v) is 9.29. The molecule has 1 atom stereocenters. The van der Waals surface area contributed by atoms with Crippen molar-refractivity contribution in [2.75, 3.05) is 40.8 Å². The predicted octanol–water partition coefficient (Wildman–Crippen LogP) is 3.87. The van der Waals surface area contributed by atoms with Gasteiger partial charge >= 0.3 is 6.18 Å². The van der Waals surface area contributed by atoms with Crippen LogP contribution in [-0.4, -0.2) is 58.2 Å². The number of halogens is 3. The summed E-state index contributed by atoms with van der Waals surface area (Å²) in [7, 11) is 5.66. The van der Waals surface area contributed by atoms with E-state index in [-0.39, 0.29) is 11.8 Å². The fourth-order valence-electron chi connectivity index (χ4n) is 3.05. The Morgan fingerprint density at radius 3 is 2.48 bits per heavy atom. The van der Waals surface area contributed by atoms with E-state index in [0.717, 1.165) is 5.92 Å². The lowest BCUT2D eigenvalue weighted by Crippen LogP contribution is -2.28. The maximum absolute atomic E-state index is 12.4. The van der Waals surface area contributed by atoms with E-state index >= 15 is 0 Å². The SMILES string of the molecule is CN(C)CCCC1CCNCC1.COc1cccc(C(C=O)C(F)(F)F)c1. The molecule has 1 N–H and O–H groups in total. The number of nitrogens with zero attached hydrogens (tertiary/aromatic N) is 1. The number of hydrogen-bond acceptors (Lipinski definition) is 4. The molecule has 2 rings (SSSR count). The Balaban J connectivity index is 0.000000277. The van der Waals surface area contributed by atoms with Gasteiger partial charge in [0.2, 0.25) is 0 Å². The quantitative estimate of drug-likeness (QED) is 0.720. The topological polar surface area (TPSA) is 41.6 Å². The molecule has 1 fully saturated rings. The predicted molar refractivity (Wildman–Crippen MR) is 101 cm³/mol. The number of aldehydes is 1. The molecule has 27 heavy (non-hydrogen) atoms. The van der Waals surface area contributed by atoms with E-state index in [1.54, 1.807) is 0 Å². The number of piperidine rings is 1. The number of benzene rings is 1. The van der Waals surface area contributed by atoms with Crippen molar-refractivity contribution >= 4 is 6.29 Å². The molecule has 1 unspecified atom stereocenters. The van der Waals surface area contributed by atoms with E-state index in [0.29, 0.717) is 5.75 Å². The highest BCUT2D eigenvalue weighted by Crippen LogP contribution is 2.34. The van der Waals surface area contributed by atoms with E-state index < -0.39 is 12.1 Å². The summed E-state index contributed by atoms with van der Waals surface area (Å²) in [6.45, 7) is 3.74. The summed E-state index contributed by atoms with van der Waals surface area (Å²) in [5, 5.41) is 3.40. The molecule has 0 radical (unpaired) electrons. The average molecular weight is 388 g/mol. The first-order valence-electron chi connectivity index (χ1n) is 9.29. The summed E-state index contributed by atoms with van der Waals surface area (Å²) in [6.07, 6.45) is 0.918. The molecule has 0 aliphatic carbocycles. The molecule has 1 saturated heterocycles. The van der Waals surface area contributed by atoms with Crippen molar-refractivity contribution in [3.8, 4) is 5.75 Å². The molecule has 0 saturated carbocycles. The lowest BCUT2D eigenvalue weighted by molar-refractivity contribution is -0.155. The molecule has 1 aromatic carbocycles. The smallest absolute Gasteiger partial charge is 0.402 e. The van der Waals surface area contributed by atoms with Gasteiger partial charge in [-0.25, -0.2) is 0 Å². The number of rotatable bonds is 7. The highest BCUT2D eigenvalue weighted by molar-refractivity contribution is 5.64. The van der Waals surface area contributed by atoms with Crippen LogP contribution in [0.3, 0.4) is 0 Å². The maximum atomic E-state index is 12.4. The zero-order valence-corrected chi connectivity index (χ0v) is 16.4. The normalized spacial score (nSPS) is 16.4. The van der Waals surface area contributed by atoms with Crippen LogP contribution < -0.4 is 10.1 Å². The Hall–Kier alpha value is -1.60. The third-order valence-electron chi connectivity index (χ3n) is 4.62. The van der Waals surface area contributed by atoms with Crippen molar-refractivity contribution in [2.24, 2.45) is 5.92 Å². The molecule has 0 amide bonds. The lowest BCUT2D eigenvalue weighted by Gasteiger charge is -2.22. The fraction of sp³-hybridized carbons (Fsp3) is 0.650. The van der Waals surface area contributed by atoms with Crippen LogP contribution in [0.2, 0.25) is 0 Å².